The van der Waals surface area contributed by atoms with Gasteiger partial charge < -0.3 is 39.7 Å². The molecule has 1 heterocycles. The molecule has 2 aromatic rings. The van der Waals surface area contributed by atoms with Crippen LogP contribution in [0.3, 0.4) is 0 Å². The van der Waals surface area contributed by atoms with Gasteiger partial charge in [-0.2, -0.15) is 0 Å². The number of aliphatic hydroxyl groups excluding tert-OH is 4. The zero-order chi connectivity index (χ0) is 21.8. The zero-order valence-electron chi connectivity index (χ0n) is 16.2. The molecule has 1 fully saturated rings. The summed E-state index contributed by atoms with van der Waals surface area (Å²) in [6.07, 6.45) is -9.91. The lowest BCUT2D eigenvalue weighted by Crippen LogP contribution is -2.62. The average molecular weight is 420 g/mol. The third-order valence-corrected chi connectivity index (χ3v) is 4.78. The van der Waals surface area contributed by atoms with Crippen molar-refractivity contribution < 1.29 is 44.5 Å². The number of aliphatic hydroxyl groups is 5. The highest BCUT2D eigenvalue weighted by molar-refractivity contribution is 5.80. The fourth-order valence-electron chi connectivity index (χ4n) is 3.01. The summed E-state index contributed by atoms with van der Waals surface area (Å²) in [4.78, 5) is 11.5. The Morgan fingerprint density at radius 1 is 1.03 bits per heavy atom. The summed E-state index contributed by atoms with van der Waals surface area (Å²) in [5, 5.41) is 48.4. The highest BCUT2D eigenvalue weighted by atomic mass is 16.7. The number of ether oxygens (including phenoxy) is 3. The molecule has 0 amide bonds. The molecule has 162 valence electrons. The summed E-state index contributed by atoms with van der Waals surface area (Å²) < 4.78 is 16.3. The Hall–Kier alpha value is -2.53. The van der Waals surface area contributed by atoms with Crippen molar-refractivity contribution in [1.82, 2.24) is 0 Å². The average Bonchev–Trinajstić information content (AvgIpc) is 2.74. The van der Waals surface area contributed by atoms with Crippen LogP contribution in [0.4, 0.5) is 0 Å². The molecule has 1 aliphatic heterocycles. The van der Waals surface area contributed by atoms with E-state index in [0.29, 0.717) is 18.6 Å². The number of benzene rings is 2. The van der Waals surface area contributed by atoms with E-state index in [1.54, 1.807) is 6.07 Å². The lowest BCUT2D eigenvalue weighted by molar-refractivity contribution is -0.310. The minimum Gasteiger partial charge on any atom is -0.489 e. The summed E-state index contributed by atoms with van der Waals surface area (Å²) in [5.41, 5.74) is 2.17. The quantitative estimate of drug-likeness (QED) is 0.306. The van der Waals surface area contributed by atoms with E-state index in [1.165, 1.54) is 12.1 Å². The number of hydrogen-bond donors (Lipinski definition) is 5. The van der Waals surface area contributed by atoms with Crippen molar-refractivity contribution in [3.05, 3.63) is 59.2 Å². The first-order valence-corrected chi connectivity index (χ1v) is 9.30. The van der Waals surface area contributed by atoms with E-state index < -0.39 is 37.0 Å². The van der Waals surface area contributed by atoms with Gasteiger partial charge >= 0.3 is 0 Å². The largest absolute Gasteiger partial charge is 0.489 e. The molecule has 0 spiro atoms. The number of carbonyl (C=O) groups excluding carboxylic acids is 1. The minimum absolute atomic E-state index is 0.0199. The standard InChI is InChI=1S/C21H24O9/c1-11-2-4-12(5-3-11)10-28-14-6-7-15(13(8-14)9-22)29-21-18(25)16(23)17(24)19(30-21)20(26)27/h2-9,16-21,23-27H,10H2,1H3/t16?,17-,18?,19?,21+/m0/s1. The molecule has 5 N–H and O–H groups in total. The van der Waals surface area contributed by atoms with Crippen LogP contribution in [0.2, 0.25) is 0 Å². The van der Waals surface area contributed by atoms with E-state index in [2.05, 4.69) is 0 Å². The van der Waals surface area contributed by atoms with Crippen LogP contribution in [0.1, 0.15) is 21.5 Å². The van der Waals surface area contributed by atoms with Crippen molar-refractivity contribution in [2.45, 2.75) is 50.5 Å². The van der Waals surface area contributed by atoms with Crippen molar-refractivity contribution in [3.63, 3.8) is 0 Å². The van der Waals surface area contributed by atoms with Crippen LogP contribution in [-0.4, -0.2) is 68.8 Å². The van der Waals surface area contributed by atoms with E-state index in [0.717, 1.165) is 11.1 Å². The first-order valence-electron chi connectivity index (χ1n) is 9.30. The predicted molar refractivity (Wildman–Crippen MR) is 103 cm³/mol. The topological polar surface area (TPSA) is 146 Å². The maximum atomic E-state index is 11.5. The molecule has 0 aromatic heterocycles. The maximum Gasteiger partial charge on any atom is 0.229 e. The van der Waals surface area contributed by atoms with Gasteiger partial charge in [-0.15, -0.1) is 0 Å². The van der Waals surface area contributed by atoms with Gasteiger partial charge in [0.15, 0.2) is 12.6 Å². The second-order valence-electron chi connectivity index (χ2n) is 7.06. The van der Waals surface area contributed by atoms with E-state index in [1.807, 2.05) is 31.2 Å². The zero-order valence-corrected chi connectivity index (χ0v) is 16.2. The van der Waals surface area contributed by atoms with Crippen molar-refractivity contribution >= 4 is 6.29 Å². The molecule has 1 aliphatic rings. The molecular weight excluding hydrogens is 396 g/mol. The number of aryl methyl sites for hydroxylation is 1. The van der Waals surface area contributed by atoms with Crippen LogP contribution < -0.4 is 9.47 Å². The first kappa shape index (κ1) is 22.2. The van der Waals surface area contributed by atoms with Crippen LogP contribution in [0.15, 0.2) is 42.5 Å². The van der Waals surface area contributed by atoms with Crippen LogP contribution in [0, 0.1) is 6.92 Å². The van der Waals surface area contributed by atoms with E-state index in [4.69, 9.17) is 14.2 Å². The van der Waals surface area contributed by atoms with Gasteiger partial charge in [0.25, 0.3) is 0 Å². The third-order valence-electron chi connectivity index (χ3n) is 4.78. The highest BCUT2D eigenvalue weighted by Crippen LogP contribution is 2.29. The molecule has 30 heavy (non-hydrogen) atoms. The van der Waals surface area contributed by atoms with E-state index in [9.17, 15) is 30.3 Å². The van der Waals surface area contributed by atoms with Crippen molar-refractivity contribution in [3.8, 4) is 11.5 Å². The number of rotatable bonds is 7. The molecule has 5 atom stereocenters. The molecule has 0 saturated carbocycles. The van der Waals surface area contributed by atoms with E-state index in [-0.39, 0.29) is 11.3 Å². The van der Waals surface area contributed by atoms with Gasteiger partial charge in [0, 0.05) is 0 Å². The molecule has 0 bridgehead atoms. The molecule has 9 heteroatoms. The molecule has 3 rings (SSSR count). The lowest BCUT2D eigenvalue weighted by Gasteiger charge is -2.40. The lowest BCUT2D eigenvalue weighted by atomic mass is 9.98. The number of hydrogen-bond acceptors (Lipinski definition) is 9. The monoisotopic (exact) mass is 420 g/mol. The Morgan fingerprint density at radius 3 is 2.37 bits per heavy atom. The normalized spacial score (nSPS) is 26.4. The van der Waals surface area contributed by atoms with Crippen LogP contribution in [-0.2, 0) is 11.3 Å². The molecule has 0 aliphatic carbocycles. The summed E-state index contributed by atoms with van der Waals surface area (Å²) >= 11 is 0. The number of aldehydes is 1. The Bertz CT molecular complexity index is 852. The molecule has 2 aromatic carbocycles. The molecular formula is C21H24O9. The van der Waals surface area contributed by atoms with Gasteiger partial charge in [0.2, 0.25) is 6.29 Å². The van der Waals surface area contributed by atoms with Gasteiger partial charge in [0.1, 0.15) is 42.5 Å². The molecule has 3 unspecified atom stereocenters. The Balaban J connectivity index is 1.71. The maximum absolute atomic E-state index is 11.5. The van der Waals surface area contributed by atoms with Crippen LogP contribution in [0.5, 0.6) is 11.5 Å². The first-order chi connectivity index (χ1) is 14.3. The summed E-state index contributed by atoms with van der Waals surface area (Å²) in [7, 11) is 0. The Kier molecular flexibility index (Phi) is 7.03. The van der Waals surface area contributed by atoms with Crippen LogP contribution in [0.25, 0.3) is 0 Å². The Morgan fingerprint density at radius 2 is 1.73 bits per heavy atom. The summed E-state index contributed by atoms with van der Waals surface area (Å²) in [5.74, 6) is 0.431. The SMILES string of the molecule is Cc1ccc(COc2ccc(O[C@@H]3OC(C(O)O)[C@@H](O)C(O)C3O)c(C=O)c2)cc1. The summed E-state index contributed by atoms with van der Waals surface area (Å²) in [6.45, 7) is 2.28. The fourth-order valence-corrected chi connectivity index (χ4v) is 3.01. The van der Waals surface area contributed by atoms with Gasteiger partial charge in [-0.3, -0.25) is 4.79 Å². The number of carbonyl (C=O) groups is 1. The van der Waals surface area contributed by atoms with Gasteiger partial charge in [-0.25, -0.2) is 0 Å². The second-order valence-corrected chi connectivity index (χ2v) is 7.06. The van der Waals surface area contributed by atoms with Crippen LogP contribution >= 0.6 is 0 Å². The highest BCUT2D eigenvalue weighted by Gasteiger charge is 2.47. The van der Waals surface area contributed by atoms with Gasteiger partial charge in [0.05, 0.1) is 5.56 Å². The van der Waals surface area contributed by atoms with Crippen molar-refractivity contribution in [1.29, 1.82) is 0 Å². The van der Waals surface area contributed by atoms with Crippen molar-refractivity contribution in [2.75, 3.05) is 0 Å². The molecule has 1 saturated heterocycles. The van der Waals surface area contributed by atoms with Gasteiger partial charge in [-0.05, 0) is 30.7 Å². The Labute approximate surface area is 172 Å². The third kappa shape index (κ3) is 4.96. The smallest absolute Gasteiger partial charge is 0.229 e. The second kappa shape index (κ2) is 9.52. The molecule has 9 nitrogen and oxygen atoms in total. The predicted octanol–water partition coefficient (Wildman–Crippen LogP) is -0.116. The molecule has 0 radical (unpaired) electrons. The van der Waals surface area contributed by atoms with E-state index >= 15 is 0 Å². The van der Waals surface area contributed by atoms with Crippen molar-refractivity contribution in [2.24, 2.45) is 0 Å². The minimum atomic E-state index is -2.11. The summed E-state index contributed by atoms with van der Waals surface area (Å²) in [6, 6.07) is 12.2. The fraction of sp³-hybridized carbons (Fsp3) is 0.381. The van der Waals surface area contributed by atoms with Gasteiger partial charge in [-0.1, -0.05) is 29.8 Å².